The number of rotatable bonds is 4. The van der Waals surface area contributed by atoms with E-state index in [1.54, 1.807) is 35.2 Å². The molecule has 3 aromatic carbocycles. The molecule has 0 aromatic heterocycles. The molecular formula is C26H25N3O4S. The zero-order chi connectivity index (χ0) is 23.7. The predicted molar refractivity (Wildman–Crippen MR) is 130 cm³/mol. The third kappa shape index (κ3) is 3.94. The molecule has 0 radical (unpaired) electrons. The van der Waals surface area contributed by atoms with E-state index in [9.17, 15) is 13.2 Å². The number of fused-ring (bicyclic) bond motifs is 1. The van der Waals surface area contributed by atoms with Gasteiger partial charge in [-0.15, -0.1) is 0 Å². The second-order valence-corrected chi connectivity index (χ2v) is 10.2. The zero-order valence-corrected chi connectivity index (χ0v) is 19.6. The molecule has 1 atom stereocenters. The summed E-state index contributed by atoms with van der Waals surface area (Å²) in [5.74, 6) is -0.0868. The highest BCUT2D eigenvalue weighted by Gasteiger charge is 2.37. The molecule has 0 saturated heterocycles. The zero-order valence-electron chi connectivity index (χ0n) is 18.8. The Labute approximate surface area is 199 Å². The standard InChI is InChI=1S/C26H25N3O4S/c1-33-26-27-23(19-9-4-2-5-10-19)18-29(26)34(31,32)22-14-15-24-21(17-22)13-8-16-28(24)25(30)20-11-6-3-7-12-20/h2-7,9-12,14-15,17,23H,8,13,16,18H2,1H3. The number of sulfonamides is 1. The second-order valence-electron chi connectivity index (χ2n) is 8.30. The highest BCUT2D eigenvalue weighted by Crippen LogP contribution is 2.34. The van der Waals surface area contributed by atoms with E-state index in [1.165, 1.54) is 11.4 Å². The fourth-order valence-corrected chi connectivity index (χ4v) is 5.94. The van der Waals surface area contributed by atoms with Crippen molar-refractivity contribution in [2.75, 3.05) is 25.1 Å². The monoisotopic (exact) mass is 475 g/mol. The van der Waals surface area contributed by atoms with Crippen molar-refractivity contribution in [1.29, 1.82) is 0 Å². The van der Waals surface area contributed by atoms with Gasteiger partial charge in [-0.2, -0.15) is 0 Å². The summed E-state index contributed by atoms with van der Waals surface area (Å²) in [6, 6.07) is 23.4. The van der Waals surface area contributed by atoms with E-state index in [-0.39, 0.29) is 29.4 Å². The van der Waals surface area contributed by atoms with Gasteiger partial charge in [0.25, 0.3) is 15.9 Å². The van der Waals surface area contributed by atoms with Gasteiger partial charge in [-0.3, -0.25) is 4.79 Å². The van der Waals surface area contributed by atoms with E-state index in [1.807, 2.05) is 48.5 Å². The molecule has 34 heavy (non-hydrogen) atoms. The van der Waals surface area contributed by atoms with E-state index >= 15 is 0 Å². The van der Waals surface area contributed by atoms with Gasteiger partial charge in [0.05, 0.1) is 24.6 Å². The van der Waals surface area contributed by atoms with Gasteiger partial charge >= 0.3 is 6.02 Å². The summed E-state index contributed by atoms with van der Waals surface area (Å²) in [5.41, 5.74) is 3.13. The van der Waals surface area contributed by atoms with Crippen LogP contribution in [0.15, 0.2) is 88.8 Å². The number of ether oxygens (including phenoxy) is 1. The van der Waals surface area contributed by atoms with Crippen LogP contribution in [0.4, 0.5) is 5.69 Å². The number of aryl methyl sites for hydroxylation is 1. The van der Waals surface area contributed by atoms with Gasteiger partial charge in [-0.1, -0.05) is 48.5 Å². The quantitative estimate of drug-likeness (QED) is 0.571. The minimum absolute atomic E-state index is 0.0763. The molecule has 1 amide bonds. The number of nitrogens with zero attached hydrogens (tertiary/aromatic N) is 3. The van der Waals surface area contributed by atoms with Crippen molar-refractivity contribution in [1.82, 2.24) is 4.31 Å². The molecule has 8 heteroatoms. The highest BCUT2D eigenvalue weighted by molar-refractivity contribution is 7.89. The van der Waals surface area contributed by atoms with Gasteiger partial charge in [0.1, 0.15) is 0 Å². The van der Waals surface area contributed by atoms with Gasteiger partial charge in [0, 0.05) is 17.8 Å². The number of hydrogen-bond donors (Lipinski definition) is 0. The van der Waals surface area contributed by atoms with Gasteiger partial charge in [0.2, 0.25) is 0 Å². The molecule has 1 unspecified atom stereocenters. The Balaban J connectivity index is 1.44. The molecule has 2 aliphatic heterocycles. The summed E-state index contributed by atoms with van der Waals surface area (Å²) in [6.07, 6.45) is 1.47. The molecule has 0 aliphatic carbocycles. The number of amidine groups is 1. The van der Waals surface area contributed by atoms with Crippen LogP contribution in [0.25, 0.3) is 0 Å². The van der Waals surface area contributed by atoms with Crippen molar-refractivity contribution in [3.8, 4) is 0 Å². The topological polar surface area (TPSA) is 79.3 Å². The maximum Gasteiger partial charge on any atom is 0.302 e. The van der Waals surface area contributed by atoms with Crippen LogP contribution in [0.5, 0.6) is 0 Å². The molecule has 0 bridgehead atoms. The van der Waals surface area contributed by atoms with Crippen LogP contribution >= 0.6 is 0 Å². The summed E-state index contributed by atoms with van der Waals surface area (Å²) in [7, 11) is -2.46. The van der Waals surface area contributed by atoms with Crippen molar-refractivity contribution in [3.63, 3.8) is 0 Å². The third-order valence-corrected chi connectivity index (χ3v) is 7.94. The minimum atomic E-state index is -3.89. The lowest BCUT2D eigenvalue weighted by Gasteiger charge is -2.30. The fourth-order valence-electron chi connectivity index (χ4n) is 4.49. The number of hydrogen-bond acceptors (Lipinski definition) is 5. The lowest BCUT2D eigenvalue weighted by molar-refractivity contribution is 0.0985. The first kappa shape index (κ1) is 22.2. The van der Waals surface area contributed by atoms with Crippen LogP contribution in [0.2, 0.25) is 0 Å². The van der Waals surface area contributed by atoms with Crippen molar-refractivity contribution < 1.29 is 17.9 Å². The van der Waals surface area contributed by atoms with E-state index in [0.29, 0.717) is 18.5 Å². The average molecular weight is 476 g/mol. The maximum atomic E-state index is 13.6. The first-order chi connectivity index (χ1) is 16.5. The van der Waals surface area contributed by atoms with Crippen molar-refractivity contribution >= 4 is 27.6 Å². The van der Waals surface area contributed by atoms with Gasteiger partial charge in [-0.05, 0) is 54.3 Å². The molecule has 174 valence electrons. The van der Waals surface area contributed by atoms with E-state index in [2.05, 4.69) is 4.99 Å². The van der Waals surface area contributed by atoms with E-state index in [0.717, 1.165) is 23.2 Å². The van der Waals surface area contributed by atoms with Crippen LogP contribution < -0.4 is 4.90 Å². The lowest BCUT2D eigenvalue weighted by Crippen LogP contribution is -2.37. The fraction of sp³-hybridized carbons (Fsp3) is 0.231. The van der Waals surface area contributed by atoms with Gasteiger partial charge in [-0.25, -0.2) is 17.7 Å². The first-order valence-electron chi connectivity index (χ1n) is 11.2. The summed E-state index contributed by atoms with van der Waals surface area (Å²) in [5, 5.41) is 0. The number of amides is 1. The van der Waals surface area contributed by atoms with Crippen LogP contribution in [0, 0.1) is 0 Å². The summed E-state index contributed by atoms with van der Waals surface area (Å²) in [6.45, 7) is 0.767. The Hall–Kier alpha value is -3.65. The number of carbonyl (C=O) groups is 1. The largest absolute Gasteiger partial charge is 0.468 e. The van der Waals surface area contributed by atoms with E-state index in [4.69, 9.17) is 4.74 Å². The molecule has 7 nitrogen and oxygen atoms in total. The smallest absolute Gasteiger partial charge is 0.302 e. The van der Waals surface area contributed by atoms with Crippen LogP contribution in [-0.2, 0) is 21.2 Å². The highest BCUT2D eigenvalue weighted by atomic mass is 32.2. The SMILES string of the molecule is COC1=NC(c2ccccc2)CN1S(=O)(=O)c1ccc2c(c1)CCCN2C(=O)c1ccccc1. The van der Waals surface area contributed by atoms with E-state index < -0.39 is 10.0 Å². The van der Waals surface area contributed by atoms with Gasteiger partial charge in [0.15, 0.2) is 0 Å². The Morgan fingerprint density at radius 3 is 2.41 bits per heavy atom. The van der Waals surface area contributed by atoms with Crippen LogP contribution in [-0.4, -0.2) is 44.9 Å². The normalized spacial score (nSPS) is 17.8. The Morgan fingerprint density at radius 1 is 1.00 bits per heavy atom. The van der Waals surface area contributed by atoms with Crippen molar-refractivity contribution in [3.05, 3.63) is 95.6 Å². The summed E-state index contributed by atoms with van der Waals surface area (Å²) < 4.78 is 33.7. The maximum absolute atomic E-state index is 13.6. The lowest BCUT2D eigenvalue weighted by atomic mass is 10.0. The van der Waals surface area contributed by atoms with Crippen molar-refractivity contribution in [2.24, 2.45) is 4.99 Å². The number of aliphatic imine (C=N–C) groups is 1. The Morgan fingerprint density at radius 2 is 1.71 bits per heavy atom. The number of benzene rings is 3. The molecule has 0 saturated carbocycles. The van der Waals surface area contributed by atoms with Crippen molar-refractivity contribution in [2.45, 2.75) is 23.8 Å². The molecule has 0 spiro atoms. The number of carbonyl (C=O) groups excluding carboxylic acids is 1. The Bertz CT molecular complexity index is 1340. The Kier molecular flexibility index (Phi) is 5.83. The number of anilines is 1. The number of methoxy groups -OCH3 is 1. The molecule has 0 N–H and O–H groups in total. The minimum Gasteiger partial charge on any atom is -0.468 e. The van der Waals surface area contributed by atoms with Crippen LogP contribution in [0.1, 0.15) is 33.9 Å². The third-order valence-electron chi connectivity index (χ3n) is 6.21. The molecule has 3 aromatic rings. The average Bonchev–Trinajstić information content (AvgIpc) is 3.34. The molecular weight excluding hydrogens is 450 g/mol. The predicted octanol–water partition coefficient (Wildman–Crippen LogP) is 4.03. The molecule has 0 fully saturated rings. The second kappa shape index (κ2) is 8.95. The first-order valence-corrected chi connectivity index (χ1v) is 12.6. The summed E-state index contributed by atoms with van der Waals surface area (Å²) in [4.78, 5) is 19.5. The van der Waals surface area contributed by atoms with Gasteiger partial charge < -0.3 is 9.64 Å². The molecule has 2 aliphatic rings. The molecule has 2 heterocycles. The summed E-state index contributed by atoms with van der Waals surface area (Å²) >= 11 is 0. The van der Waals surface area contributed by atoms with Crippen LogP contribution in [0.3, 0.4) is 0 Å². The molecule has 5 rings (SSSR count).